The molecular formula is C12H12Br2N2O. The maximum atomic E-state index is 10.3. The minimum Gasteiger partial charge on any atom is -0.383 e. The summed E-state index contributed by atoms with van der Waals surface area (Å²) in [7, 11) is 0. The first-order chi connectivity index (χ1) is 8.11. The third kappa shape index (κ3) is 2.78. The minimum atomic E-state index is -0.665. The van der Waals surface area contributed by atoms with Gasteiger partial charge in [-0.1, -0.05) is 31.9 Å². The number of aliphatic hydroxyl groups is 1. The summed E-state index contributed by atoms with van der Waals surface area (Å²) in [5.74, 6) is 0. The third-order valence-corrected chi connectivity index (χ3v) is 3.76. The van der Waals surface area contributed by atoms with Crippen molar-refractivity contribution in [3.8, 4) is 0 Å². The van der Waals surface area contributed by atoms with E-state index in [9.17, 15) is 5.11 Å². The molecule has 0 amide bonds. The van der Waals surface area contributed by atoms with Crippen molar-refractivity contribution in [3.05, 3.63) is 50.7 Å². The number of hydrogen-bond donors (Lipinski definition) is 1. The lowest BCUT2D eigenvalue weighted by Gasteiger charge is -2.11. The fourth-order valence-corrected chi connectivity index (χ4v) is 2.44. The van der Waals surface area contributed by atoms with Gasteiger partial charge in [-0.05, 0) is 25.1 Å². The summed E-state index contributed by atoms with van der Waals surface area (Å²) in [6, 6.07) is 5.74. The van der Waals surface area contributed by atoms with Crippen LogP contribution in [0.1, 0.15) is 24.2 Å². The van der Waals surface area contributed by atoms with E-state index >= 15 is 0 Å². The number of halogens is 2. The average Bonchev–Trinajstić information content (AvgIpc) is 2.80. The zero-order valence-electron chi connectivity index (χ0n) is 9.27. The van der Waals surface area contributed by atoms with Crippen LogP contribution in [0.5, 0.6) is 0 Å². The predicted octanol–water partition coefficient (Wildman–Crippen LogP) is 3.51. The smallest absolute Gasteiger partial charge is 0.108 e. The number of hydrogen-bond acceptors (Lipinski definition) is 2. The zero-order chi connectivity index (χ0) is 12.4. The van der Waals surface area contributed by atoms with Crippen molar-refractivity contribution >= 4 is 31.9 Å². The molecule has 1 N–H and O–H groups in total. The van der Waals surface area contributed by atoms with E-state index in [1.165, 1.54) is 0 Å². The molecule has 0 spiro atoms. The summed E-state index contributed by atoms with van der Waals surface area (Å²) >= 11 is 6.85. The van der Waals surface area contributed by atoms with E-state index in [1.54, 1.807) is 10.9 Å². The molecule has 0 fully saturated rings. The lowest BCUT2D eigenvalue weighted by atomic mass is 10.1. The summed E-state index contributed by atoms with van der Waals surface area (Å²) in [5.41, 5.74) is 1.63. The molecule has 0 bridgehead atoms. The molecule has 0 aliphatic heterocycles. The first-order valence-electron chi connectivity index (χ1n) is 5.27. The topological polar surface area (TPSA) is 38.0 Å². The van der Waals surface area contributed by atoms with E-state index in [4.69, 9.17) is 0 Å². The Morgan fingerprint density at radius 1 is 1.41 bits per heavy atom. The van der Waals surface area contributed by atoms with Gasteiger partial charge in [-0.25, -0.2) is 0 Å². The minimum absolute atomic E-state index is 0.665. The van der Waals surface area contributed by atoms with Gasteiger partial charge in [-0.15, -0.1) is 0 Å². The molecule has 0 saturated carbocycles. The Bertz CT molecular complexity index is 525. The van der Waals surface area contributed by atoms with Gasteiger partial charge in [0.25, 0.3) is 0 Å². The van der Waals surface area contributed by atoms with Gasteiger partial charge in [0.05, 0.1) is 6.20 Å². The third-order valence-electron chi connectivity index (χ3n) is 2.55. The number of aromatic nitrogens is 2. The number of aryl methyl sites for hydroxylation is 1. The molecule has 0 saturated heterocycles. The van der Waals surface area contributed by atoms with Crippen LogP contribution in [0.3, 0.4) is 0 Å². The van der Waals surface area contributed by atoms with Gasteiger partial charge in [0.1, 0.15) is 6.10 Å². The van der Waals surface area contributed by atoms with Crippen LogP contribution in [-0.4, -0.2) is 14.9 Å². The van der Waals surface area contributed by atoms with Crippen LogP contribution in [0, 0.1) is 0 Å². The second-order valence-electron chi connectivity index (χ2n) is 3.70. The van der Waals surface area contributed by atoms with Crippen LogP contribution in [0.15, 0.2) is 39.5 Å². The largest absolute Gasteiger partial charge is 0.383 e. The van der Waals surface area contributed by atoms with Crippen LogP contribution >= 0.6 is 31.9 Å². The molecular weight excluding hydrogens is 348 g/mol. The number of benzene rings is 1. The van der Waals surface area contributed by atoms with Crippen molar-refractivity contribution in [1.29, 1.82) is 0 Å². The molecule has 2 rings (SSSR count). The van der Waals surface area contributed by atoms with E-state index in [1.807, 2.05) is 31.3 Å². The first-order valence-corrected chi connectivity index (χ1v) is 6.85. The Morgan fingerprint density at radius 2 is 2.18 bits per heavy atom. The van der Waals surface area contributed by atoms with Gasteiger partial charge in [0, 0.05) is 32.8 Å². The highest BCUT2D eigenvalue weighted by atomic mass is 79.9. The second-order valence-corrected chi connectivity index (χ2v) is 5.47. The SMILES string of the molecule is CCn1cc(C(O)c2cc(Br)ccc2Br)cn1. The van der Waals surface area contributed by atoms with Crippen LogP contribution < -0.4 is 0 Å². The van der Waals surface area contributed by atoms with Crippen molar-refractivity contribution in [2.24, 2.45) is 0 Å². The highest BCUT2D eigenvalue weighted by molar-refractivity contribution is 9.11. The van der Waals surface area contributed by atoms with Crippen LogP contribution in [0.2, 0.25) is 0 Å². The van der Waals surface area contributed by atoms with Crippen molar-refractivity contribution in [1.82, 2.24) is 9.78 Å². The van der Waals surface area contributed by atoms with Gasteiger partial charge >= 0.3 is 0 Å². The molecule has 0 aliphatic rings. The van der Waals surface area contributed by atoms with Crippen LogP contribution in [0.25, 0.3) is 0 Å². The van der Waals surface area contributed by atoms with E-state index in [2.05, 4.69) is 37.0 Å². The Labute approximate surface area is 117 Å². The average molecular weight is 360 g/mol. The van der Waals surface area contributed by atoms with Gasteiger partial charge in [-0.3, -0.25) is 4.68 Å². The number of aliphatic hydroxyl groups excluding tert-OH is 1. The highest BCUT2D eigenvalue weighted by Gasteiger charge is 2.15. The molecule has 1 atom stereocenters. The Kier molecular flexibility index (Phi) is 4.01. The summed E-state index contributed by atoms with van der Waals surface area (Å²) in [4.78, 5) is 0. The van der Waals surface area contributed by atoms with Gasteiger partial charge in [0.15, 0.2) is 0 Å². The molecule has 0 radical (unpaired) electrons. The molecule has 3 nitrogen and oxygen atoms in total. The number of rotatable bonds is 3. The zero-order valence-corrected chi connectivity index (χ0v) is 12.4. The maximum absolute atomic E-state index is 10.3. The van der Waals surface area contributed by atoms with Crippen molar-refractivity contribution in [3.63, 3.8) is 0 Å². The molecule has 1 aromatic heterocycles. The standard InChI is InChI=1S/C12H12Br2N2O/c1-2-16-7-8(6-15-16)12(17)10-5-9(13)3-4-11(10)14/h3-7,12,17H,2H2,1H3. The van der Waals surface area contributed by atoms with Gasteiger partial charge in [-0.2, -0.15) is 5.10 Å². The fraction of sp³-hybridized carbons (Fsp3) is 0.250. The molecule has 2 aromatic rings. The maximum Gasteiger partial charge on any atom is 0.108 e. The lowest BCUT2D eigenvalue weighted by molar-refractivity contribution is 0.219. The lowest BCUT2D eigenvalue weighted by Crippen LogP contribution is -2.00. The van der Waals surface area contributed by atoms with E-state index in [0.29, 0.717) is 0 Å². The predicted molar refractivity (Wildman–Crippen MR) is 73.8 cm³/mol. The molecule has 0 aliphatic carbocycles. The Morgan fingerprint density at radius 3 is 2.82 bits per heavy atom. The summed E-state index contributed by atoms with van der Waals surface area (Å²) < 4.78 is 3.62. The molecule has 1 aromatic carbocycles. The van der Waals surface area contributed by atoms with Crippen molar-refractivity contribution < 1.29 is 5.11 Å². The summed E-state index contributed by atoms with van der Waals surface area (Å²) in [6.45, 7) is 2.81. The molecule has 1 unspecified atom stereocenters. The first kappa shape index (κ1) is 12.8. The van der Waals surface area contributed by atoms with E-state index in [0.717, 1.165) is 26.6 Å². The monoisotopic (exact) mass is 358 g/mol. The fourth-order valence-electron chi connectivity index (χ4n) is 1.60. The quantitative estimate of drug-likeness (QED) is 0.910. The Balaban J connectivity index is 2.35. The van der Waals surface area contributed by atoms with Gasteiger partial charge < -0.3 is 5.11 Å². The molecule has 1 heterocycles. The second kappa shape index (κ2) is 5.33. The number of nitrogens with zero attached hydrogens (tertiary/aromatic N) is 2. The highest BCUT2D eigenvalue weighted by Crippen LogP contribution is 2.30. The van der Waals surface area contributed by atoms with E-state index in [-0.39, 0.29) is 0 Å². The normalized spacial score (nSPS) is 12.7. The van der Waals surface area contributed by atoms with E-state index < -0.39 is 6.10 Å². The molecule has 17 heavy (non-hydrogen) atoms. The van der Waals surface area contributed by atoms with Gasteiger partial charge in [0.2, 0.25) is 0 Å². The summed E-state index contributed by atoms with van der Waals surface area (Å²) in [5, 5.41) is 14.5. The van der Waals surface area contributed by atoms with Crippen molar-refractivity contribution in [2.45, 2.75) is 19.6 Å². The van der Waals surface area contributed by atoms with Crippen LogP contribution in [0.4, 0.5) is 0 Å². The Hall–Kier alpha value is -0.650. The summed E-state index contributed by atoms with van der Waals surface area (Å²) in [6.07, 6.45) is 2.89. The van der Waals surface area contributed by atoms with Crippen LogP contribution in [-0.2, 0) is 6.54 Å². The molecule has 5 heteroatoms. The molecule has 90 valence electrons. The van der Waals surface area contributed by atoms with Crippen molar-refractivity contribution in [2.75, 3.05) is 0 Å².